The largest absolute Gasteiger partial charge is 0.455 e. The van der Waals surface area contributed by atoms with Crippen molar-refractivity contribution in [3.05, 3.63) is 192 Å². The molecule has 0 aliphatic carbocycles. The van der Waals surface area contributed by atoms with Gasteiger partial charge >= 0.3 is 11.5 Å². The highest BCUT2D eigenvalue weighted by molar-refractivity contribution is 6.88. The summed E-state index contributed by atoms with van der Waals surface area (Å²) in [5, 5.41) is 3.73. The lowest BCUT2D eigenvalue weighted by atomic mass is 9.88. The molecule has 12 rings (SSSR count). The van der Waals surface area contributed by atoms with Gasteiger partial charge in [-0.05, 0) is 90.7 Å². The molecule has 10 aromatic rings. The Hall–Kier alpha value is -6.82. The first-order valence-corrected chi connectivity index (χ1v) is 24.2. The van der Waals surface area contributed by atoms with Crippen LogP contribution in [0.4, 0.5) is 0 Å². The van der Waals surface area contributed by atoms with Gasteiger partial charge in [-0.3, -0.25) is 0 Å². The highest BCUT2D eigenvalue weighted by atomic mass is 28.3. The van der Waals surface area contributed by atoms with Crippen molar-refractivity contribution in [2.24, 2.45) is 0 Å². The maximum absolute atomic E-state index is 7.10. The number of imidazole rings is 1. The van der Waals surface area contributed by atoms with Crippen molar-refractivity contribution < 1.29 is 13.6 Å². The molecular formula is C54H43N3OSi+2. The molecule has 0 saturated heterocycles. The molecule has 2 aliphatic rings. The SMILES string of the molecule is Cc1ccc2c(c1)C1(c3ccc4c(oc5ccccc54)c3-c3n(-c4ccc(-c5ccccc5)cc4-c4ccccc4)c4ccccc4[n+]31)[n+]1cc([Si](C)(C)C)c(C)cc1-2. The van der Waals surface area contributed by atoms with E-state index in [1.165, 1.54) is 61.0 Å². The number of hydrogen-bond donors (Lipinski definition) is 0. The molecule has 1 atom stereocenters. The Morgan fingerprint density at radius 3 is 2.12 bits per heavy atom. The zero-order chi connectivity index (χ0) is 39.8. The molecule has 282 valence electrons. The van der Waals surface area contributed by atoms with Crippen LogP contribution in [0.25, 0.3) is 83.6 Å². The highest BCUT2D eigenvalue weighted by Crippen LogP contribution is 2.53. The Balaban J connectivity index is 1.30. The number of benzene rings is 7. The number of fused-ring (bicyclic) bond motifs is 16. The van der Waals surface area contributed by atoms with Crippen molar-refractivity contribution >= 4 is 46.2 Å². The molecule has 0 amide bonds. The summed E-state index contributed by atoms with van der Waals surface area (Å²) in [6.45, 7) is 11.9. The molecule has 1 unspecified atom stereocenters. The highest BCUT2D eigenvalue weighted by Gasteiger charge is 2.67. The number of nitrogens with zero attached hydrogens (tertiary/aromatic N) is 3. The van der Waals surface area contributed by atoms with Crippen molar-refractivity contribution in [2.75, 3.05) is 0 Å². The summed E-state index contributed by atoms with van der Waals surface area (Å²) < 4.78 is 14.9. The molecule has 59 heavy (non-hydrogen) atoms. The minimum Gasteiger partial charge on any atom is -0.455 e. The number of rotatable bonds is 4. The molecule has 3 aromatic heterocycles. The molecule has 0 N–H and O–H groups in total. The maximum Gasteiger partial charge on any atom is 0.364 e. The second kappa shape index (κ2) is 12.1. The normalized spacial score (nSPS) is 15.3. The number of aryl methyl sites for hydroxylation is 2. The third-order valence-corrected chi connectivity index (χ3v) is 15.1. The van der Waals surface area contributed by atoms with E-state index in [2.05, 4.69) is 217 Å². The van der Waals surface area contributed by atoms with Gasteiger partial charge < -0.3 is 4.42 Å². The minimum absolute atomic E-state index is 0.738. The molecule has 0 fully saturated rings. The van der Waals surface area contributed by atoms with Crippen LogP contribution in [0.2, 0.25) is 19.6 Å². The Bertz CT molecular complexity index is 3390. The fraction of sp³-hybridized carbons (Fsp3) is 0.111. The van der Waals surface area contributed by atoms with Crippen LogP contribution >= 0.6 is 0 Å². The first-order chi connectivity index (χ1) is 28.7. The van der Waals surface area contributed by atoms with Gasteiger partial charge in [0.25, 0.3) is 0 Å². The lowest BCUT2D eigenvalue weighted by Gasteiger charge is -2.23. The maximum atomic E-state index is 7.10. The lowest BCUT2D eigenvalue weighted by Crippen LogP contribution is -2.72. The Kier molecular flexibility index (Phi) is 7.02. The third kappa shape index (κ3) is 4.59. The van der Waals surface area contributed by atoms with Crippen LogP contribution in [-0.4, -0.2) is 12.6 Å². The molecule has 2 aliphatic heterocycles. The zero-order valence-corrected chi connectivity index (χ0v) is 34.9. The summed E-state index contributed by atoms with van der Waals surface area (Å²) in [7, 11) is -1.79. The van der Waals surface area contributed by atoms with Gasteiger partial charge in [-0.2, -0.15) is 4.57 Å². The Morgan fingerprint density at radius 1 is 0.593 bits per heavy atom. The van der Waals surface area contributed by atoms with E-state index in [-0.39, 0.29) is 0 Å². The molecule has 0 saturated carbocycles. The fourth-order valence-electron chi connectivity index (χ4n) is 10.5. The van der Waals surface area contributed by atoms with Gasteiger partial charge in [-0.1, -0.05) is 128 Å². The van der Waals surface area contributed by atoms with Gasteiger partial charge in [0, 0.05) is 27.6 Å². The molecular weight excluding hydrogens is 735 g/mol. The van der Waals surface area contributed by atoms with Crippen molar-refractivity contribution in [2.45, 2.75) is 39.2 Å². The zero-order valence-electron chi connectivity index (χ0n) is 33.9. The van der Waals surface area contributed by atoms with Crippen LogP contribution in [0, 0.1) is 13.8 Å². The number of pyridine rings is 1. The van der Waals surface area contributed by atoms with Crippen molar-refractivity contribution in [1.82, 2.24) is 4.57 Å². The molecule has 7 aromatic carbocycles. The second-order valence-corrected chi connectivity index (χ2v) is 22.5. The summed E-state index contributed by atoms with van der Waals surface area (Å²) in [5.74, 6) is 1.11. The summed E-state index contributed by atoms with van der Waals surface area (Å²) >= 11 is 0. The van der Waals surface area contributed by atoms with E-state index in [1.807, 2.05) is 0 Å². The van der Waals surface area contributed by atoms with Gasteiger partial charge in [-0.15, -0.1) is 9.13 Å². The van der Waals surface area contributed by atoms with Gasteiger partial charge in [-0.25, -0.2) is 0 Å². The van der Waals surface area contributed by atoms with E-state index in [0.717, 1.165) is 50.0 Å². The van der Waals surface area contributed by atoms with E-state index in [4.69, 9.17) is 4.42 Å². The van der Waals surface area contributed by atoms with Gasteiger partial charge in [0.2, 0.25) is 5.69 Å². The molecule has 0 bridgehead atoms. The average Bonchev–Trinajstić information content (AvgIpc) is 3.96. The quantitative estimate of drug-likeness (QED) is 0.129. The van der Waals surface area contributed by atoms with E-state index >= 15 is 0 Å². The lowest BCUT2D eigenvalue weighted by molar-refractivity contribution is -0.944. The predicted octanol–water partition coefficient (Wildman–Crippen LogP) is 11.9. The summed E-state index contributed by atoms with van der Waals surface area (Å²) in [6.07, 6.45) is 2.52. The summed E-state index contributed by atoms with van der Waals surface area (Å²) in [5.41, 5.74) is 18.0. The van der Waals surface area contributed by atoms with Crippen LogP contribution in [0.15, 0.2) is 174 Å². The van der Waals surface area contributed by atoms with E-state index < -0.39 is 13.7 Å². The fourth-order valence-corrected chi connectivity index (χ4v) is 12.3. The Morgan fingerprint density at radius 2 is 1.32 bits per heavy atom. The Labute approximate surface area is 344 Å². The number of hydrogen-bond acceptors (Lipinski definition) is 1. The second-order valence-electron chi connectivity index (χ2n) is 17.5. The molecule has 1 spiro atoms. The monoisotopic (exact) mass is 777 g/mol. The van der Waals surface area contributed by atoms with Gasteiger partial charge in [0.15, 0.2) is 22.8 Å². The van der Waals surface area contributed by atoms with Gasteiger partial charge in [0.1, 0.15) is 16.8 Å². The van der Waals surface area contributed by atoms with Crippen molar-refractivity contribution in [3.63, 3.8) is 0 Å². The number of aromatic nitrogens is 3. The molecule has 0 radical (unpaired) electrons. The minimum atomic E-state index is -1.79. The number of para-hydroxylation sites is 3. The van der Waals surface area contributed by atoms with Crippen LogP contribution in [-0.2, 0) is 5.66 Å². The smallest absolute Gasteiger partial charge is 0.364 e. The van der Waals surface area contributed by atoms with Crippen molar-refractivity contribution in [1.29, 1.82) is 0 Å². The third-order valence-electron chi connectivity index (χ3n) is 13.0. The molecule has 5 heteroatoms. The van der Waals surface area contributed by atoms with Crippen LogP contribution < -0.4 is 14.3 Å². The van der Waals surface area contributed by atoms with Crippen LogP contribution in [0.3, 0.4) is 0 Å². The van der Waals surface area contributed by atoms with E-state index in [9.17, 15) is 0 Å². The summed E-state index contributed by atoms with van der Waals surface area (Å²) in [4.78, 5) is 0. The number of furan rings is 1. The van der Waals surface area contributed by atoms with Crippen molar-refractivity contribution in [3.8, 4) is 50.6 Å². The molecule has 4 nitrogen and oxygen atoms in total. The first kappa shape index (κ1) is 34.2. The van der Waals surface area contributed by atoms with Crippen LogP contribution in [0.5, 0.6) is 0 Å². The average molecular weight is 778 g/mol. The van der Waals surface area contributed by atoms with Crippen LogP contribution in [0.1, 0.15) is 22.3 Å². The first-order valence-electron chi connectivity index (χ1n) is 20.7. The van der Waals surface area contributed by atoms with Gasteiger partial charge in [0.05, 0.1) is 24.8 Å². The predicted molar refractivity (Wildman–Crippen MR) is 243 cm³/mol. The van der Waals surface area contributed by atoms with E-state index in [1.54, 1.807) is 0 Å². The standard InChI is InChI=1S/C54H43N3OSi/c1-34-24-26-41-44(30-34)54(55-33-50(59(3,4)5)35(2)31-48(41)55)43-28-27-40-39-20-12-15-23-49(39)58-52(40)51(43)53-56(46-21-13-14-22-47(46)57(53)54)45-29-25-38(36-16-8-6-9-17-36)32-42(45)37-18-10-7-11-19-37/h6-33H,1-5H3/q+2. The summed E-state index contributed by atoms with van der Waals surface area (Å²) in [6, 6.07) is 60.3. The molecule has 5 heterocycles. The van der Waals surface area contributed by atoms with E-state index in [0.29, 0.717) is 0 Å². The topological polar surface area (TPSA) is 25.8 Å².